The molecule has 0 atom stereocenters. The van der Waals surface area contributed by atoms with Crippen LogP contribution in [0.3, 0.4) is 0 Å². The van der Waals surface area contributed by atoms with Crippen LogP contribution in [0.1, 0.15) is 12.5 Å². The Hall–Kier alpha value is -1.84. The van der Waals surface area contributed by atoms with Gasteiger partial charge < -0.3 is 0 Å². The fourth-order valence-electron chi connectivity index (χ4n) is 1.75. The molecule has 0 nitrogen and oxygen atoms in total. The quantitative estimate of drug-likeness (QED) is 0.693. The summed E-state index contributed by atoms with van der Waals surface area (Å²) in [5.74, 6) is -4.10. The van der Waals surface area contributed by atoms with Crippen molar-refractivity contribution in [3.05, 3.63) is 59.2 Å². The smallest absolute Gasteiger partial charge is 0.166 e. The zero-order valence-corrected chi connectivity index (χ0v) is 9.61. The summed E-state index contributed by atoms with van der Waals surface area (Å²) in [6, 6.07) is 5.75. The first-order valence-corrected chi connectivity index (χ1v) is 5.47. The van der Waals surface area contributed by atoms with Crippen molar-refractivity contribution >= 4 is 0 Å². The summed E-state index contributed by atoms with van der Waals surface area (Å²) in [5.41, 5.74) is 0.274. The van der Waals surface area contributed by atoms with Crippen molar-refractivity contribution in [2.75, 3.05) is 0 Å². The number of aryl methyl sites for hydroxylation is 1. The van der Waals surface area contributed by atoms with E-state index in [1.807, 2.05) is 0 Å². The number of hydrogen-bond acceptors (Lipinski definition) is 0. The lowest BCUT2D eigenvalue weighted by Crippen LogP contribution is -1.96. The second kappa shape index (κ2) is 4.80. The summed E-state index contributed by atoms with van der Waals surface area (Å²) < 4.78 is 53.2. The largest absolute Gasteiger partial charge is 0.204 e. The maximum Gasteiger partial charge on any atom is 0.166 e. The highest BCUT2D eigenvalue weighted by atomic mass is 19.2. The van der Waals surface area contributed by atoms with E-state index in [2.05, 4.69) is 0 Å². The third-order valence-electron chi connectivity index (χ3n) is 2.77. The SMILES string of the molecule is CCc1ccc(-c2ccc(F)c(F)c2)c(F)c1F. The van der Waals surface area contributed by atoms with E-state index < -0.39 is 23.3 Å². The minimum Gasteiger partial charge on any atom is -0.204 e. The van der Waals surface area contributed by atoms with Crippen molar-refractivity contribution in [1.29, 1.82) is 0 Å². The molecule has 18 heavy (non-hydrogen) atoms. The predicted molar refractivity (Wildman–Crippen MR) is 61.1 cm³/mol. The lowest BCUT2D eigenvalue weighted by Gasteiger charge is -2.07. The Morgan fingerprint density at radius 1 is 0.833 bits per heavy atom. The van der Waals surface area contributed by atoms with Crippen LogP contribution < -0.4 is 0 Å². The highest BCUT2D eigenvalue weighted by Gasteiger charge is 2.14. The molecule has 0 amide bonds. The van der Waals surface area contributed by atoms with E-state index in [1.54, 1.807) is 6.92 Å². The number of halogens is 4. The molecule has 4 heteroatoms. The monoisotopic (exact) mass is 254 g/mol. The van der Waals surface area contributed by atoms with Crippen LogP contribution in [0.25, 0.3) is 11.1 Å². The van der Waals surface area contributed by atoms with Crippen LogP contribution in [0.5, 0.6) is 0 Å². The van der Waals surface area contributed by atoms with Crippen molar-refractivity contribution in [2.24, 2.45) is 0 Å². The van der Waals surface area contributed by atoms with Crippen LogP contribution in [0.2, 0.25) is 0 Å². The first-order chi connectivity index (χ1) is 8.54. The maximum atomic E-state index is 13.8. The summed E-state index contributed by atoms with van der Waals surface area (Å²) in [5, 5.41) is 0. The van der Waals surface area contributed by atoms with Gasteiger partial charge >= 0.3 is 0 Å². The average Bonchev–Trinajstić information content (AvgIpc) is 2.36. The Morgan fingerprint density at radius 3 is 2.17 bits per heavy atom. The van der Waals surface area contributed by atoms with Crippen LogP contribution in [-0.2, 0) is 6.42 Å². The van der Waals surface area contributed by atoms with Crippen LogP contribution in [0, 0.1) is 23.3 Å². The number of hydrogen-bond donors (Lipinski definition) is 0. The first kappa shape index (κ1) is 12.6. The Morgan fingerprint density at radius 2 is 1.56 bits per heavy atom. The van der Waals surface area contributed by atoms with Crippen molar-refractivity contribution in [1.82, 2.24) is 0 Å². The third kappa shape index (κ3) is 2.10. The van der Waals surface area contributed by atoms with E-state index in [4.69, 9.17) is 0 Å². The van der Waals surface area contributed by atoms with E-state index in [1.165, 1.54) is 18.2 Å². The summed E-state index contributed by atoms with van der Waals surface area (Å²) in [7, 11) is 0. The maximum absolute atomic E-state index is 13.8. The van der Waals surface area contributed by atoms with E-state index in [-0.39, 0.29) is 16.7 Å². The summed E-state index contributed by atoms with van der Waals surface area (Å²) in [4.78, 5) is 0. The molecule has 0 saturated heterocycles. The van der Waals surface area contributed by atoms with Gasteiger partial charge in [0.15, 0.2) is 23.3 Å². The van der Waals surface area contributed by atoms with Gasteiger partial charge in [0.05, 0.1) is 0 Å². The van der Waals surface area contributed by atoms with Crippen molar-refractivity contribution < 1.29 is 17.6 Å². The molecule has 0 heterocycles. The Bertz CT molecular complexity index is 591. The minimum atomic E-state index is -1.09. The van der Waals surface area contributed by atoms with Gasteiger partial charge in [-0.1, -0.05) is 25.1 Å². The molecule has 2 aromatic carbocycles. The highest BCUT2D eigenvalue weighted by molar-refractivity contribution is 5.64. The van der Waals surface area contributed by atoms with Gasteiger partial charge in [0.2, 0.25) is 0 Å². The number of benzene rings is 2. The molecule has 2 rings (SSSR count). The zero-order chi connectivity index (χ0) is 13.3. The van der Waals surface area contributed by atoms with Crippen molar-refractivity contribution in [2.45, 2.75) is 13.3 Å². The lowest BCUT2D eigenvalue weighted by atomic mass is 10.0. The topological polar surface area (TPSA) is 0 Å². The van der Waals surface area contributed by atoms with E-state index in [0.717, 1.165) is 12.1 Å². The van der Waals surface area contributed by atoms with Crippen LogP contribution in [0.15, 0.2) is 30.3 Å². The average molecular weight is 254 g/mol. The zero-order valence-electron chi connectivity index (χ0n) is 9.61. The van der Waals surface area contributed by atoms with E-state index in [0.29, 0.717) is 6.42 Å². The fourth-order valence-corrected chi connectivity index (χ4v) is 1.75. The lowest BCUT2D eigenvalue weighted by molar-refractivity contribution is 0.500. The van der Waals surface area contributed by atoms with Crippen LogP contribution in [-0.4, -0.2) is 0 Å². The normalized spacial score (nSPS) is 10.7. The summed E-state index contributed by atoms with van der Waals surface area (Å²) >= 11 is 0. The number of rotatable bonds is 2. The van der Waals surface area contributed by atoms with Crippen LogP contribution >= 0.6 is 0 Å². The molecule has 2 aromatic rings. The second-order valence-corrected chi connectivity index (χ2v) is 3.88. The fraction of sp³-hybridized carbons (Fsp3) is 0.143. The van der Waals surface area contributed by atoms with Gasteiger partial charge in [0.25, 0.3) is 0 Å². The molecule has 0 saturated carbocycles. The van der Waals surface area contributed by atoms with Gasteiger partial charge in [-0.15, -0.1) is 0 Å². The van der Waals surface area contributed by atoms with Gasteiger partial charge in [-0.3, -0.25) is 0 Å². The molecule has 0 radical (unpaired) electrons. The Balaban J connectivity index is 2.57. The Labute approximate surface area is 102 Å². The summed E-state index contributed by atoms with van der Waals surface area (Å²) in [6.45, 7) is 1.70. The van der Waals surface area contributed by atoms with Gasteiger partial charge in [0, 0.05) is 5.56 Å². The first-order valence-electron chi connectivity index (χ1n) is 5.47. The molecule has 94 valence electrons. The van der Waals surface area contributed by atoms with E-state index >= 15 is 0 Å². The molecular weight excluding hydrogens is 244 g/mol. The standard InChI is InChI=1S/C14H10F4/c1-2-8-3-5-10(14(18)13(8)17)9-4-6-11(15)12(16)7-9/h3-7H,2H2,1H3. The molecule has 0 aromatic heterocycles. The molecule has 0 unspecified atom stereocenters. The molecule has 0 bridgehead atoms. The van der Waals surface area contributed by atoms with Crippen LogP contribution in [0.4, 0.5) is 17.6 Å². The predicted octanol–water partition coefficient (Wildman–Crippen LogP) is 4.47. The molecule has 0 fully saturated rings. The molecule has 0 spiro atoms. The molecule has 0 aliphatic carbocycles. The van der Waals surface area contributed by atoms with Gasteiger partial charge in [-0.05, 0) is 29.7 Å². The molecular formula is C14H10F4. The molecule has 0 aliphatic rings. The molecule has 0 aliphatic heterocycles. The van der Waals surface area contributed by atoms with E-state index in [9.17, 15) is 17.6 Å². The third-order valence-corrected chi connectivity index (χ3v) is 2.77. The van der Waals surface area contributed by atoms with Gasteiger partial charge in [-0.25, -0.2) is 17.6 Å². The second-order valence-electron chi connectivity index (χ2n) is 3.88. The summed E-state index contributed by atoms with van der Waals surface area (Å²) in [6.07, 6.45) is 0.362. The van der Waals surface area contributed by atoms with Crippen molar-refractivity contribution in [3.63, 3.8) is 0 Å². The minimum absolute atomic E-state index is 0.0800. The Kier molecular flexibility index (Phi) is 3.36. The highest BCUT2D eigenvalue weighted by Crippen LogP contribution is 2.27. The molecule has 0 N–H and O–H groups in total. The van der Waals surface area contributed by atoms with Crippen molar-refractivity contribution in [3.8, 4) is 11.1 Å². The van der Waals surface area contributed by atoms with Gasteiger partial charge in [0.1, 0.15) is 0 Å². The van der Waals surface area contributed by atoms with Gasteiger partial charge in [-0.2, -0.15) is 0 Å².